The molecule has 0 aromatic heterocycles. The zero-order chi connectivity index (χ0) is 6.85. The highest BCUT2D eigenvalue weighted by atomic mass is 16.5. The summed E-state index contributed by atoms with van der Waals surface area (Å²) < 4.78 is 5.04. The van der Waals surface area contributed by atoms with Gasteiger partial charge in [-0.2, -0.15) is 0 Å². The number of rotatable bonds is 1. The molecule has 0 radical (unpaired) electrons. The van der Waals surface area contributed by atoms with Crippen molar-refractivity contribution in [1.29, 1.82) is 0 Å². The van der Waals surface area contributed by atoms with Gasteiger partial charge in [-0.15, -0.1) is 0 Å². The molecule has 1 aliphatic heterocycles. The molecule has 1 fully saturated rings. The van der Waals surface area contributed by atoms with Crippen molar-refractivity contribution in [3.05, 3.63) is 0 Å². The summed E-state index contributed by atoms with van der Waals surface area (Å²) in [7, 11) is 0. The summed E-state index contributed by atoms with van der Waals surface area (Å²) >= 11 is 0. The SMILES string of the molecule is CC1NCC(C(N)=O)O1. The quantitative estimate of drug-likeness (QED) is 0.469. The lowest BCUT2D eigenvalue weighted by atomic mass is 10.3. The van der Waals surface area contributed by atoms with E-state index in [0.29, 0.717) is 6.54 Å². The van der Waals surface area contributed by atoms with Crippen molar-refractivity contribution in [1.82, 2.24) is 5.32 Å². The Morgan fingerprint density at radius 3 is 2.78 bits per heavy atom. The Labute approximate surface area is 53.4 Å². The normalized spacial score (nSPS) is 34.8. The molecular formula is C5H10N2O2. The molecule has 1 saturated heterocycles. The van der Waals surface area contributed by atoms with E-state index in [2.05, 4.69) is 5.32 Å². The highest BCUT2D eigenvalue weighted by Gasteiger charge is 2.24. The van der Waals surface area contributed by atoms with Gasteiger partial charge in [0.15, 0.2) is 6.10 Å². The Kier molecular flexibility index (Phi) is 1.68. The second kappa shape index (κ2) is 2.33. The summed E-state index contributed by atoms with van der Waals surface area (Å²) in [5, 5.41) is 2.93. The minimum Gasteiger partial charge on any atom is -0.367 e. The van der Waals surface area contributed by atoms with E-state index in [0.717, 1.165) is 0 Å². The molecule has 0 aromatic carbocycles. The van der Waals surface area contributed by atoms with Gasteiger partial charge >= 0.3 is 0 Å². The summed E-state index contributed by atoms with van der Waals surface area (Å²) in [6, 6.07) is 0. The zero-order valence-corrected chi connectivity index (χ0v) is 5.26. The van der Waals surface area contributed by atoms with Crippen LogP contribution in [0.25, 0.3) is 0 Å². The fourth-order valence-corrected chi connectivity index (χ4v) is 0.783. The van der Waals surface area contributed by atoms with Gasteiger partial charge in [0.05, 0.1) is 0 Å². The molecule has 3 N–H and O–H groups in total. The second-order valence-electron chi connectivity index (χ2n) is 2.08. The fourth-order valence-electron chi connectivity index (χ4n) is 0.783. The number of carbonyl (C=O) groups excluding carboxylic acids is 1. The molecule has 1 heterocycles. The van der Waals surface area contributed by atoms with Crippen molar-refractivity contribution in [2.75, 3.05) is 6.54 Å². The maximum atomic E-state index is 10.4. The number of nitrogens with two attached hydrogens (primary N) is 1. The molecular weight excluding hydrogens is 120 g/mol. The van der Waals surface area contributed by atoms with E-state index in [1.807, 2.05) is 6.92 Å². The van der Waals surface area contributed by atoms with Crippen molar-refractivity contribution in [2.24, 2.45) is 5.73 Å². The molecule has 52 valence electrons. The molecule has 1 aliphatic rings. The number of hydrogen-bond donors (Lipinski definition) is 2. The summed E-state index contributed by atoms with van der Waals surface area (Å²) in [4.78, 5) is 10.4. The van der Waals surface area contributed by atoms with Gasteiger partial charge in [-0.1, -0.05) is 0 Å². The molecule has 0 aliphatic carbocycles. The van der Waals surface area contributed by atoms with Crippen LogP contribution in [-0.4, -0.2) is 24.8 Å². The van der Waals surface area contributed by atoms with Crippen LogP contribution in [0, 0.1) is 0 Å². The van der Waals surface area contributed by atoms with Crippen LogP contribution in [0.4, 0.5) is 0 Å². The van der Waals surface area contributed by atoms with Crippen LogP contribution in [0.1, 0.15) is 6.92 Å². The van der Waals surface area contributed by atoms with E-state index in [9.17, 15) is 4.79 Å². The van der Waals surface area contributed by atoms with Crippen molar-refractivity contribution >= 4 is 5.91 Å². The summed E-state index contributed by atoms with van der Waals surface area (Å²) in [5.74, 6) is -0.396. The minimum atomic E-state index is -0.431. The molecule has 0 saturated carbocycles. The third kappa shape index (κ3) is 1.40. The molecule has 4 heteroatoms. The molecule has 9 heavy (non-hydrogen) atoms. The molecule has 1 amide bonds. The smallest absolute Gasteiger partial charge is 0.247 e. The summed E-state index contributed by atoms with van der Waals surface area (Å²) in [6.45, 7) is 2.37. The lowest BCUT2D eigenvalue weighted by molar-refractivity contribution is -0.127. The van der Waals surface area contributed by atoms with Gasteiger partial charge in [-0.25, -0.2) is 0 Å². The van der Waals surface area contributed by atoms with E-state index < -0.39 is 12.0 Å². The lowest BCUT2D eigenvalue weighted by Crippen LogP contribution is -2.31. The van der Waals surface area contributed by atoms with E-state index >= 15 is 0 Å². The van der Waals surface area contributed by atoms with Crippen LogP contribution in [-0.2, 0) is 9.53 Å². The average molecular weight is 130 g/mol. The van der Waals surface area contributed by atoms with Gasteiger partial charge < -0.3 is 10.5 Å². The van der Waals surface area contributed by atoms with Crippen LogP contribution in [0.15, 0.2) is 0 Å². The van der Waals surface area contributed by atoms with Gasteiger partial charge in [-0.3, -0.25) is 10.1 Å². The number of amides is 1. The van der Waals surface area contributed by atoms with E-state index in [4.69, 9.17) is 10.5 Å². The first kappa shape index (κ1) is 6.51. The average Bonchev–Trinajstić information content (AvgIpc) is 2.14. The summed E-state index contributed by atoms with van der Waals surface area (Å²) in [6.07, 6.45) is -0.470. The van der Waals surface area contributed by atoms with Crippen LogP contribution < -0.4 is 11.1 Å². The van der Waals surface area contributed by atoms with Crippen molar-refractivity contribution in [3.63, 3.8) is 0 Å². The summed E-state index contributed by atoms with van der Waals surface area (Å²) in [5.41, 5.74) is 4.96. The molecule has 0 bridgehead atoms. The van der Waals surface area contributed by atoms with E-state index in [1.54, 1.807) is 0 Å². The standard InChI is InChI=1S/C5H10N2O2/c1-3-7-2-4(9-3)5(6)8/h3-4,7H,2H2,1H3,(H2,6,8). The topological polar surface area (TPSA) is 64.3 Å². The van der Waals surface area contributed by atoms with Gasteiger partial charge in [0.1, 0.15) is 6.23 Å². The van der Waals surface area contributed by atoms with E-state index in [1.165, 1.54) is 0 Å². The van der Waals surface area contributed by atoms with Crippen molar-refractivity contribution in [3.8, 4) is 0 Å². The predicted octanol–water partition coefficient (Wildman–Crippen LogP) is -1.19. The van der Waals surface area contributed by atoms with Crippen molar-refractivity contribution in [2.45, 2.75) is 19.3 Å². The largest absolute Gasteiger partial charge is 0.367 e. The Morgan fingerprint density at radius 2 is 2.56 bits per heavy atom. The zero-order valence-electron chi connectivity index (χ0n) is 5.26. The van der Waals surface area contributed by atoms with Gasteiger partial charge in [-0.05, 0) is 6.92 Å². The second-order valence-corrected chi connectivity index (χ2v) is 2.08. The molecule has 4 nitrogen and oxygen atoms in total. The number of nitrogens with one attached hydrogen (secondary N) is 1. The maximum Gasteiger partial charge on any atom is 0.247 e. The Hall–Kier alpha value is -0.610. The number of ether oxygens (including phenoxy) is 1. The molecule has 0 aromatic rings. The van der Waals surface area contributed by atoms with Crippen LogP contribution >= 0.6 is 0 Å². The van der Waals surface area contributed by atoms with Crippen LogP contribution in [0.5, 0.6) is 0 Å². The maximum absolute atomic E-state index is 10.4. The van der Waals surface area contributed by atoms with E-state index in [-0.39, 0.29) is 6.23 Å². The number of hydrogen-bond acceptors (Lipinski definition) is 3. The Balaban J connectivity index is 2.39. The lowest BCUT2D eigenvalue weighted by Gasteiger charge is -2.02. The molecule has 1 rings (SSSR count). The van der Waals surface area contributed by atoms with Crippen LogP contribution in [0.3, 0.4) is 0 Å². The highest BCUT2D eigenvalue weighted by Crippen LogP contribution is 2.01. The Bertz CT molecular complexity index is 126. The number of primary amides is 1. The van der Waals surface area contributed by atoms with Gasteiger partial charge in [0.2, 0.25) is 5.91 Å². The van der Waals surface area contributed by atoms with Crippen LogP contribution in [0.2, 0.25) is 0 Å². The van der Waals surface area contributed by atoms with Gasteiger partial charge in [0, 0.05) is 6.54 Å². The highest BCUT2D eigenvalue weighted by molar-refractivity contribution is 5.79. The first-order chi connectivity index (χ1) is 4.20. The monoisotopic (exact) mass is 130 g/mol. The first-order valence-corrected chi connectivity index (χ1v) is 2.88. The fraction of sp³-hybridized carbons (Fsp3) is 0.800. The van der Waals surface area contributed by atoms with Crippen molar-refractivity contribution < 1.29 is 9.53 Å². The predicted molar refractivity (Wildman–Crippen MR) is 31.5 cm³/mol. The first-order valence-electron chi connectivity index (χ1n) is 2.88. The molecule has 2 atom stereocenters. The Morgan fingerprint density at radius 1 is 1.89 bits per heavy atom. The van der Waals surface area contributed by atoms with Gasteiger partial charge in [0.25, 0.3) is 0 Å². The third-order valence-corrected chi connectivity index (χ3v) is 1.28. The number of carbonyl (C=O) groups is 1. The molecule has 0 spiro atoms. The molecule has 2 unspecified atom stereocenters. The third-order valence-electron chi connectivity index (χ3n) is 1.28. The minimum absolute atomic E-state index is 0.0394.